The Hall–Kier alpha value is -1.83. The molecule has 2 aliphatic rings. The largest absolute Gasteiger partial charge is 0.453 e. The number of carbonyl (C=O) groups is 1. The van der Waals surface area contributed by atoms with Crippen molar-refractivity contribution >= 4 is 5.97 Å². The fraction of sp³-hybridized carbons (Fsp3) is 0.542. The first kappa shape index (κ1) is 18.9. The predicted octanol–water partition coefficient (Wildman–Crippen LogP) is 6.79. The Balaban J connectivity index is 1.75. The molecule has 3 unspecified atom stereocenters. The summed E-state index contributed by atoms with van der Waals surface area (Å²) >= 11 is 0. The third-order valence-corrected chi connectivity index (χ3v) is 6.21. The monoisotopic (exact) mass is 352 g/mol. The molecule has 0 aromatic heterocycles. The second-order valence-corrected chi connectivity index (χ2v) is 7.75. The Morgan fingerprint density at radius 2 is 1.77 bits per heavy atom. The van der Waals surface area contributed by atoms with Gasteiger partial charge in [-0.1, -0.05) is 94.9 Å². The van der Waals surface area contributed by atoms with Gasteiger partial charge < -0.3 is 4.74 Å². The van der Waals surface area contributed by atoms with Gasteiger partial charge in [0.05, 0.1) is 5.56 Å². The maximum absolute atomic E-state index is 12.4. The molecular formula is C24H32O2. The molecule has 2 nitrogen and oxygen atoms in total. The zero-order valence-electron chi connectivity index (χ0n) is 16.2. The van der Waals surface area contributed by atoms with Crippen molar-refractivity contribution in [2.75, 3.05) is 0 Å². The van der Waals surface area contributed by atoms with E-state index < -0.39 is 0 Å². The molecule has 0 bridgehead atoms. The first-order valence-electron chi connectivity index (χ1n) is 10.4. The summed E-state index contributed by atoms with van der Waals surface area (Å²) in [6, 6.07) is 7.90. The number of cyclic esters (lactones) is 1. The Kier molecular flexibility index (Phi) is 6.34. The van der Waals surface area contributed by atoms with E-state index in [4.69, 9.17) is 4.74 Å². The lowest BCUT2D eigenvalue weighted by atomic mass is 9.64. The molecule has 0 N–H and O–H groups in total. The molecular weight excluding hydrogens is 320 g/mol. The van der Waals surface area contributed by atoms with Gasteiger partial charge in [0.15, 0.2) is 0 Å². The van der Waals surface area contributed by atoms with E-state index in [1.54, 1.807) is 0 Å². The molecule has 1 aliphatic carbocycles. The molecule has 1 aromatic rings. The molecule has 26 heavy (non-hydrogen) atoms. The van der Waals surface area contributed by atoms with Crippen molar-refractivity contribution in [3.63, 3.8) is 0 Å². The number of carbonyl (C=O) groups excluding carboxylic acids is 1. The fourth-order valence-corrected chi connectivity index (χ4v) is 4.64. The van der Waals surface area contributed by atoms with Crippen molar-refractivity contribution in [1.82, 2.24) is 0 Å². The second kappa shape index (κ2) is 8.70. The van der Waals surface area contributed by atoms with Gasteiger partial charge >= 0.3 is 5.97 Å². The zero-order chi connectivity index (χ0) is 18.4. The number of unbranched alkanes of at least 4 members (excludes halogenated alkanes) is 5. The topological polar surface area (TPSA) is 26.3 Å². The van der Waals surface area contributed by atoms with Crippen LogP contribution in [0.5, 0.6) is 0 Å². The van der Waals surface area contributed by atoms with Crippen molar-refractivity contribution in [2.24, 2.45) is 11.3 Å². The Morgan fingerprint density at radius 1 is 1.00 bits per heavy atom. The van der Waals surface area contributed by atoms with Crippen molar-refractivity contribution < 1.29 is 9.53 Å². The number of esters is 1. The van der Waals surface area contributed by atoms with Crippen LogP contribution in [0.15, 0.2) is 48.6 Å². The molecule has 0 saturated heterocycles. The Labute approximate surface area is 158 Å². The van der Waals surface area contributed by atoms with Crippen LogP contribution in [-0.4, -0.2) is 5.97 Å². The predicted molar refractivity (Wildman–Crippen MR) is 107 cm³/mol. The van der Waals surface area contributed by atoms with Gasteiger partial charge in [0.25, 0.3) is 0 Å². The number of ether oxygens (including phenoxy) is 1. The summed E-state index contributed by atoms with van der Waals surface area (Å²) in [5, 5.41) is 0. The highest BCUT2D eigenvalue weighted by molar-refractivity contribution is 5.94. The van der Waals surface area contributed by atoms with Gasteiger partial charge in [0.1, 0.15) is 6.10 Å². The molecule has 0 spiro atoms. The summed E-state index contributed by atoms with van der Waals surface area (Å²) < 4.78 is 5.93. The molecule has 3 rings (SSSR count). The SMILES string of the molecule is CCCCCCCCC1C=CC=CC1(CC)C1OC(=O)c2ccccc21. The maximum Gasteiger partial charge on any atom is 0.339 e. The quantitative estimate of drug-likeness (QED) is 0.361. The standard InChI is InChI=1S/C24H32O2/c1-3-5-6-7-8-9-14-19-15-12-13-18-24(19,4-2)22-20-16-10-11-17-21(20)23(25)26-22/h10-13,15-19,22H,3-9,14H2,1-2H3. The smallest absolute Gasteiger partial charge is 0.339 e. The average molecular weight is 353 g/mol. The van der Waals surface area contributed by atoms with Crippen LogP contribution in [0, 0.1) is 11.3 Å². The molecule has 0 fully saturated rings. The van der Waals surface area contributed by atoms with Gasteiger partial charge in [-0.05, 0) is 24.8 Å². The summed E-state index contributed by atoms with van der Waals surface area (Å²) in [4.78, 5) is 12.4. The normalized spacial score (nSPS) is 26.8. The van der Waals surface area contributed by atoms with Crippen LogP contribution in [0.1, 0.15) is 87.2 Å². The van der Waals surface area contributed by atoms with Crippen LogP contribution in [0.2, 0.25) is 0 Å². The number of fused-ring (bicyclic) bond motifs is 1. The number of hydrogen-bond donors (Lipinski definition) is 0. The highest BCUT2D eigenvalue weighted by atomic mass is 16.5. The van der Waals surface area contributed by atoms with Crippen LogP contribution < -0.4 is 0 Å². The van der Waals surface area contributed by atoms with Gasteiger partial charge in [0.2, 0.25) is 0 Å². The molecule has 0 amide bonds. The highest BCUT2D eigenvalue weighted by Crippen LogP contribution is 2.53. The third-order valence-electron chi connectivity index (χ3n) is 6.21. The molecule has 0 radical (unpaired) electrons. The van der Waals surface area contributed by atoms with Crippen molar-refractivity contribution in [1.29, 1.82) is 0 Å². The lowest BCUT2D eigenvalue weighted by molar-refractivity contribution is -0.0107. The van der Waals surface area contributed by atoms with Gasteiger partial charge in [-0.15, -0.1) is 0 Å². The number of allylic oxidation sites excluding steroid dienone is 3. The zero-order valence-corrected chi connectivity index (χ0v) is 16.2. The molecule has 1 aromatic carbocycles. The second-order valence-electron chi connectivity index (χ2n) is 7.75. The third kappa shape index (κ3) is 3.65. The molecule has 1 aliphatic heterocycles. The summed E-state index contributed by atoms with van der Waals surface area (Å²) in [5.74, 6) is 0.257. The van der Waals surface area contributed by atoms with E-state index >= 15 is 0 Å². The van der Waals surface area contributed by atoms with Gasteiger partial charge in [0, 0.05) is 11.0 Å². The van der Waals surface area contributed by atoms with Crippen LogP contribution in [0.4, 0.5) is 0 Å². The summed E-state index contributed by atoms with van der Waals surface area (Å²) in [5.41, 5.74) is 1.68. The van der Waals surface area contributed by atoms with E-state index in [1.165, 1.54) is 38.5 Å². The van der Waals surface area contributed by atoms with E-state index in [1.807, 2.05) is 18.2 Å². The van der Waals surface area contributed by atoms with Crippen LogP contribution >= 0.6 is 0 Å². The highest BCUT2D eigenvalue weighted by Gasteiger charge is 2.48. The van der Waals surface area contributed by atoms with E-state index in [9.17, 15) is 4.79 Å². The van der Waals surface area contributed by atoms with Crippen molar-refractivity contribution in [2.45, 2.75) is 71.3 Å². The van der Waals surface area contributed by atoms with Crippen LogP contribution in [0.3, 0.4) is 0 Å². The van der Waals surface area contributed by atoms with E-state index in [2.05, 4.69) is 44.2 Å². The minimum absolute atomic E-state index is 0.125. The number of hydrogen-bond acceptors (Lipinski definition) is 2. The van der Waals surface area contributed by atoms with Crippen molar-refractivity contribution in [3.8, 4) is 0 Å². The molecule has 1 heterocycles. The lowest BCUT2D eigenvalue weighted by Gasteiger charge is -2.42. The number of benzene rings is 1. The summed E-state index contributed by atoms with van der Waals surface area (Å²) in [6.45, 7) is 4.49. The molecule has 2 heteroatoms. The molecule has 140 valence electrons. The average Bonchev–Trinajstić information content (AvgIpc) is 3.02. The molecule has 0 saturated carbocycles. The van der Waals surface area contributed by atoms with Gasteiger partial charge in [-0.2, -0.15) is 0 Å². The Morgan fingerprint density at radius 3 is 2.58 bits per heavy atom. The van der Waals surface area contributed by atoms with Gasteiger partial charge in [-0.25, -0.2) is 4.79 Å². The van der Waals surface area contributed by atoms with E-state index in [0.717, 1.165) is 24.0 Å². The van der Waals surface area contributed by atoms with Crippen LogP contribution in [-0.2, 0) is 4.74 Å². The Bertz CT molecular complexity index is 673. The lowest BCUT2D eigenvalue weighted by Crippen LogP contribution is -2.35. The van der Waals surface area contributed by atoms with Crippen LogP contribution in [0.25, 0.3) is 0 Å². The van der Waals surface area contributed by atoms with Crippen molar-refractivity contribution in [3.05, 3.63) is 59.7 Å². The van der Waals surface area contributed by atoms with E-state index in [0.29, 0.717) is 5.92 Å². The maximum atomic E-state index is 12.4. The fourth-order valence-electron chi connectivity index (χ4n) is 4.64. The summed E-state index contributed by atoms with van der Waals surface area (Å²) in [6.07, 6.45) is 18.8. The molecule has 3 atom stereocenters. The summed E-state index contributed by atoms with van der Waals surface area (Å²) in [7, 11) is 0. The number of rotatable bonds is 9. The van der Waals surface area contributed by atoms with Gasteiger partial charge in [-0.3, -0.25) is 0 Å². The minimum atomic E-state index is -0.167. The first-order valence-corrected chi connectivity index (χ1v) is 10.4. The minimum Gasteiger partial charge on any atom is -0.453 e. The van der Waals surface area contributed by atoms with E-state index in [-0.39, 0.29) is 17.5 Å². The first-order chi connectivity index (χ1) is 12.7.